The predicted octanol–water partition coefficient (Wildman–Crippen LogP) is 1.37. The van der Waals surface area contributed by atoms with Gasteiger partial charge in [0.05, 0.1) is 6.61 Å². The Hall–Kier alpha value is -1.59. The summed E-state index contributed by atoms with van der Waals surface area (Å²) in [5.74, 6) is 0. The third-order valence-corrected chi connectivity index (χ3v) is 3.53. The van der Waals surface area contributed by atoms with Gasteiger partial charge in [-0.05, 0) is 31.5 Å². The maximum absolute atomic E-state index is 12.2. The van der Waals surface area contributed by atoms with E-state index in [1.807, 2.05) is 30.3 Å². The topological polar surface area (TPSA) is 61.8 Å². The molecule has 0 radical (unpaired) electrons. The molecule has 5 nitrogen and oxygen atoms in total. The third-order valence-electron chi connectivity index (χ3n) is 3.53. The Kier molecular flexibility index (Phi) is 5.83. The minimum absolute atomic E-state index is 0.0373. The number of rotatable bonds is 5. The zero-order chi connectivity index (χ0) is 14.2. The summed E-state index contributed by atoms with van der Waals surface area (Å²) in [6, 6.07) is 9.77. The van der Waals surface area contributed by atoms with Gasteiger partial charge in [-0.2, -0.15) is 0 Å². The predicted molar refractivity (Wildman–Crippen MR) is 76.3 cm³/mol. The highest BCUT2D eigenvalue weighted by molar-refractivity contribution is 5.68. The number of nitrogens with one attached hydrogen (secondary N) is 1. The van der Waals surface area contributed by atoms with Crippen LogP contribution in [-0.2, 0) is 11.3 Å². The molecular weight excluding hydrogens is 256 g/mol. The third kappa shape index (κ3) is 4.21. The Bertz CT molecular complexity index is 405. The summed E-state index contributed by atoms with van der Waals surface area (Å²) >= 11 is 0. The molecule has 2 rings (SSSR count). The molecule has 0 saturated carbocycles. The van der Waals surface area contributed by atoms with Gasteiger partial charge in [-0.25, -0.2) is 4.79 Å². The molecule has 0 atom stereocenters. The molecule has 1 aromatic carbocycles. The molecule has 1 amide bonds. The molecule has 1 fully saturated rings. The molecule has 1 heterocycles. The number of nitrogens with zero attached hydrogens (tertiary/aromatic N) is 1. The number of hydrogen-bond donors (Lipinski definition) is 2. The van der Waals surface area contributed by atoms with Gasteiger partial charge in [0.1, 0.15) is 6.61 Å². The summed E-state index contributed by atoms with van der Waals surface area (Å²) in [7, 11) is 0. The largest absolute Gasteiger partial charge is 0.445 e. The van der Waals surface area contributed by atoms with Crippen molar-refractivity contribution in [1.82, 2.24) is 10.2 Å². The number of aliphatic hydroxyl groups excluding tert-OH is 1. The van der Waals surface area contributed by atoms with E-state index in [2.05, 4.69) is 5.32 Å². The number of carbonyl (C=O) groups excluding carboxylic acids is 1. The monoisotopic (exact) mass is 278 g/mol. The van der Waals surface area contributed by atoms with Crippen LogP contribution in [0.4, 0.5) is 4.79 Å². The number of carbonyl (C=O) groups is 1. The van der Waals surface area contributed by atoms with Crippen LogP contribution in [0.15, 0.2) is 30.3 Å². The van der Waals surface area contributed by atoms with Gasteiger partial charge in [0.15, 0.2) is 0 Å². The minimum atomic E-state index is -0.338. The van der Waals surface area contributed by atoms with Gasteiger partial charge in [0, 0.05) is 12.6 Å². The number of benzene rings is 1. The Morgan fingerprint density at radius 2 is 2.00 bits per heavy atom. The molecule has 5 heteroatoms. The number of hydrogen-bond acceptors (Lipinski definition) is 4. The fourth-order valence-electron chi connectivity index (χ4n) is 2.45. The molecule has 0 aliphatic carbocycles. The molecule has 0 aromatic heterocycles. The SMILES string of the molecule is O=C(OCc1ccccc1)N(CCO)C1CCNCC1. The van der Waals surface area contributed by atoms with Crippen LogP contribution >= 0.6 is 0 Å². The van der Waals surface area contributed by atoms with E-state index in [0.29, 0.717) is 6.54 Å². The quantitative estimate of drug-likeness (QED) is 0.854. The lowest BCUT2D eigenvalue weighted by atomic mass is 10.1. The van der Waals surface area contributed by atoms with Crippen molar-refractivity contribution >= 4 is 6.09 Å². The van der Waals surface area contributed by atoms with Gasteiger partial charge >= 0.3 is 6.09 Å². The maximum atomic E-state index is 12.2. The normalized spacial score (nSPS) is 15.8. The lowest BCUT2D eigenvalue weighted by Crippen LogP contribution is -2.47. The first-order valence-electron chi connectivity index (χ1n) is 7.10. The Labute approximate surface area is 119 Å². The van der Waals surface area contributed by atoms with Crippen molar-refractivity contribution in [2.75, 3.05) is 26.2 Å². The van der Waals surface area contributed by atoms with Crippen LogP contribution < -0.4 is 5.32 Å². The maximum Gasteiger partial charge on any atom is 0.410 e. The zero-order valence-electron chi connectivity index (χ0n) is 11.6. The summed E-state index contributed by atoms with van der Waals surface area (Å²) in [6.45, 7) is 2.37. The second kappa shape index (κ2) is 7.87. The lowest BCUT2D eigenvalue weighted by molar-refractivity contribution is 0.0647. The number of aliphatic hydroxyl groups is 1. The highest BCUT2D eigenvalue weighted by Crippen LogP contribution is 2.14. The fraction of sp³-hybridized carbons (Fsp3) is 0.533. The van der Waals surface area contributed by atoms with Gasteiger partial charge in [0.2, 0.25) is 0 Å². The second-order valence-electron chi connectivity index (χ2n) is 4.94. The van der Waals surface area contributed by atoms with E-state index in [9.17, 15) is 4.79 Å². The molecule has 1 saturated heterocycles. The molecule has 20 heavy (non-hydrogen) atoms. The van der Waals surface area contributed by atoms with Crippen LogP contribution in [-0.4, -0.2) is 48.4 Å². The summed E-state index contributed by atoms with van der Waals surface area (Å²) in [6.07, 6.45) is 1.47. The molecular formula is C15H22N2O3. The smallest absolute Gasteiger partial charge is 0.410 e. The summed E-state index contributed by atoms with van der Waals surface area (Å²) in [5, 5.41) is 12.4. The van der Waals surface area contributed by atoms with E-state index >= 15 is 0 Å². The van der Waals surface area contributed by atoms with Crippen LogP contribution in [0.2, 0.25) is 0 Å². The number of ether oxygens (including phenoxy) is 1. The molecule has 0 bridgehead atoms. The van der Waals surface area contributed by atoms with E-state index in [1.165, 1.54) is 0 Å². The standard InChI is InChI=1S/C15H22N2O3/c18-11-10-17(14-6-8-16-9-7-14)15(19)20-12-13-4-2-1-3-5-13/h1-5,14,16,18H,6-12H2. The van der Waals surface area contributed by atoms with E-state index in [0.717, 1.165) is 31.5 Å². The molecule has 110 valence electrons. The highest BCUT2D eigenvalue weighted by Gasteiger charge is 2.25. The lowest BCUT2D eigenvalue weighted by Gasteiger charge is -2.33. The van der Waals surface area contributed by atoms with Crippen LogP contribution in [0, 0.1) is 0 Å². The first kappa shape index (κ1) is 14.8. The van der Waals surface area contributed by atoms with Crippen LogP contribution in [0.25, 0.3) is 0 Å². The van der Waals surface area contributed by atoms with Gasteiger partial charge in [-0.15, -0.1) is 0 Å². The Balaban J connectivity index is 1.89. The van der Waals surface area contributed by atoms with E-state index in [1.54, 1.807) is 4.90 Å². The van der Waals surface area contributed by atoms with Gasteiger partial charge in [-0.1, -0.05) is 30.3 Å². The van der Waals surface area contributed by atoms with Crippen molar-refractivity contribution in [1.29, 1.82) is 0 Å². The van der Waals surface area contributed by atoms with E-state index in [-0.39, 0.29) is 25.3 Å². The number of amides is 1. The summed E-state index contributed by atoms with van der Waals surface area (Å²) in [4.78, 5) is 13.8. The second-order valence-corrected chi connectivity index (χ2v) is 4.94. The van der Waals surface area contributed by atoms with Crippen LogP contribution in [0.1, 0.15) is 18.4 Å². The van der Waals surface area contributed by atoms with Gasteiger partial charge < -0.3 is 20.1 Å². The molecule has 0 spiro atoms. The fourth-order valence-corrected chi connectivity index (χ4v) is 2.45. The summed E-state index contributed by atoms with van der Waals surface area (Å²) < 4.78 is 5.35. The average molecular weight is 278 g/mol. The molecule has 1 aliphatic rings. The Morgan fingerprint density at radius 3 is 2.65 bits per heavy atom. The molecule has 1 aliphatic heterocycles. The van der Waals surface area contributed by atoms with Crippen molar-refractivity contribution in [3.8, 4) is 0 Å². The van der Waals surface area contributed by atoms with Crippen molar-refractivity contribution in [3.05, 3.63) is 35.9 Å². The van der Waals surface area contributed by atoms with E-state index in [4.69, 9.17) is 9.84 Å². The first-order chi connectivity index (χ1) is 9.81. The van der Waals surface area contributed by atoms with Crippen molar-refractivity contribution in [2.45, 2.75) is 25.5 Å². The molecule has 1 aromatic rings. The van der Waals surface area contributed by atoms with Crippen molar-refractivity contribution in [3.63, 3.8) is 0 Å². The zero-order valence-corrected chi connectivity index (χ0v) is 11.6. The van der Waals surface area contributed by atoms with Crippen LogP contribution in [0.3, 0.4) is 0 Å². The Morgan fingerprint density at radius 1 is 1.30 bits per heavy atom. The number of piperidine rings is 1. The van der Waals surface area contributed by atoms with Gasteiger partial charge in [-0.3, -0.25) is 0 Å². The van der Waals surface area contributed by atoms with Crippen molar-refractivity contribution in [2.24, 2.45) is 0 Å². The average Bonchev–Trinajstić information content (AvgIpc) is 2.52. The first-order valence-corrected chi connectivity index (χ1v) is 7.10. The molecule has 2 N–H and O–H groups in total. The van der Waals surface area contributed by atoms with Crippen LogP contribution in [0.5, 0.6) is 0 Å². The summed E-state index contributed by atoms with van der Waals surface area (Å²) in [5.41, 5.74) is 0.968. The highest BCUT2D eigenvalue weighted by atomic mass is 16.6. The van der Waals surface area contributed by atoms with E-state index < -0.39 is 0 Å². The van der Waals surface area contributed by atoms with Crippen molar-refractivity contribution < 1.29 is 14.6 Å². The minimum Gasteiger partial charge on any atom is -0.445 e. The molecule has 0 unspecified atom stereocenters. The van der Waals surface area contributed by atoms with Gasteiger partial charge in [0.25, 0.3) is 0 Å².